The van der Waals surface area contributed by atoms with Crippen LogP contribution in [0.4, 0.5) is 0 Å². The summed E-state index contributed by atoms with van der Waals surface area (Å²) < 4.78 is 1.22. The Balaban J connectivity index is 0.000000545. The topological polar surface area (TPSA) is 0 Å². The van der Waals surface area contributed by atoms with E-state index in [0.717, 1.165) is 0 Å². The van der Waals surface area contributed by atoms with Crippen molar-refractivity contribution in [1.29, 1.82) is 0 Å². The number of benzene rings is 2. The predicted molar refractivity (Wildman–Crippen MR) is 91.8 cm³/mol. The molecule has 1 aliphatic carbocycles. The molecule has 0 fully saturated rings. The summed E-state index contributed by atoms with van der Waals surface area (Å²) in [5, 5.41) is 2.82. The zero-order valence-corrected chi connectivity index (χ0v) is 16.5. The maximum atomic E-state index is 4.81. The summed E-state index contributed by atoms with van der Waals surface area (Å²) in [5.41, 5.74) is 0.430. The molecule has 3 rings (SSSR count). The molecule has 0 aliphatic heterocycles. The van der Waals surface area contributed by atoms with Crippen molar-refractivity contribution in [2.45, 2.75) is 5.66 Å². The van der Waals surface area contributed by atoms with Gasteiger partial charge in [-0.2, -0.15) is 0 Å². The molecule has 1 atom stereocenters. The second kappa shape index (κ2) is 10.1. The minimum atomic E-state index is -0.409. The van der Waals surface area contributed by atoms with Crippen molar-refractivity contribution >= 4 is 37.6 Å². The average molecular weight is 482 g/mol. The normalized spacial score (nSPS) is 16.4. The van der Waals surface area contributed by atoms with Crippen LogP contribution in [0.5, 0.6) is 0 Å². The Kier molecular flexibility index (Phi) is 8.45. The van der Waals surface area contributed by atoms with E-state index in [1.54, 1.807) is 0 Å². The molecule has 0 saturated carbocycles. The van der Waals surface area contributed by atoms with Crippen LogP contribution in [0.15, 0.2) is 83.4 Å². The van der Waals surface area contributed by atoms with Crippen LogP contribution in [0.2, 0.25) is 0 Å². The third kappa shape index (κ3) is 5.06. The Morgan fingerprint density at radius 2 is 1.32 bits per heavy atom. The standard InChI is InChI=1S/C17H14P.2ClH.Fe.Pd/c1-3-9-15(10-4-1)18(17-13-7-8-14-17)16-11-5-2-6-12-16;;;;/h1-13,17H;2*1H;;/q;;;;+2/p-2. The molecule has 0 heterocycles. The van der Waals surface area contributed by atoms with Crippen LogP contribution in [0.1, 0.15) is 0 Å². The van der Waals surface area contributed by atoms with Crippen LogP contribution in [0.25, 0.3) is 0 Å². The minimum absolute atomic E-state index is 0.106. The van der Waals surface area contributed by atoms with Gasteiger partial charge in [-0.15, -0.1) is 0 Å². The Morgan fingerprint density at radius 1 is 0.864 bits per heavy atom. The zero-order chi connectivity index (χ0) is 15.8. The third-order valence-corrected chi connectivity index (χ3v) is 6.64. The summed E-state index contributed by atoms with van der Waals surface area (Å²) in [7, 11) is 9.22. The zero-order valence-electron chi connectivity index (χ0n) is 11.5. The molecule has 2 aromatic carbocycles. The van der Waals surface area contributed by atoms with Crippen LogP contribution in [0, 0.1) is 0 Å². The fourth-order valence-corrected chi connectivity index (χ4v) is 5.46. The molecule has 0 amide bonds. The van der Waals surface area contributed by atoms with Crippen molar-refractivity contribution in [3.8, 4) is 0 Å². The summed E-state index contributed by atoms with van der Waals surface area (Å²) in [6.45, 7) is 0. The molecule has 0 saturated heterocycles. The van der Waals surface area contributed by atoms with Gasteiger partial charge in [0.05, 0.1) is 0 Å². The van der Waals surface area contributed by atoms with Crippen LogP contribution in [0.3, 0.4) is 0 Å². The molecule has 5 heteroatoms. The Labute approximate surface area is 157 Å². The Morgan fingerprint density at radius 3 is 1.68 bits per heavy atom. The van der Waals surface area contributed by atoms with E-state index in [2.05, 4.69) is 94.9 Å². The summed E-state index contributed by atoms with van der Waals surface area (Å²) in [6.07, 6.45) is 6.55. The molecule has 0 radical (unpaired) electrons. The summed E-state index contributed by atoms with van der Waals surface area (Å²) in [4.78, 5) is 0. The van der Waals surface area contributed by atoms with Crippen LogP contribution < -0.4 is 10.6 Å². The first-order valence-electron chi connectivity index (χ1n) is 6.52. The van der Waals surface area contributed by atoms with Crippen molar-refractivity contribution in [3.05, 3.63) is 83.4 Å². The molecule has 0 nitrogen and oxygen atoms in total. The van der Waals surface area contributed by atoms with E-state index in [9.17, 15) is 0 Å². The molecular formula is C17H14Cl2FePPd. The summed E-state index contributed by atoms with van der Waals surface area (Å²) in [6, 6.07) is 21.6. The SMILES string of the molecule is [Cl][Pd][Cl].[Fe][C]1=CC=CC1P(c1ccccc1)c1ccccc1. The second-order valence-electron chi connectivity index (χ2n) is 4.45. The number of allylic oxidation sites excluding steroid dienone is 4. The first-order valence-corrected chi connectivity index (χ1v) is 12.5. The van der Waals surface area contributed by atoms with Gasteiger partial charge >= 0.3 is 159 Å². The van der Waals surface area contributed by atoms with Gasteiger partial charge in [0.1, 0.15) is 0 Å². The molecular weight excluding hydrogens is 468 g/mol. The molecule has 22 heavy (non-hydrogen) atoms. The fraction of sp³-hybridized carbons (Fsp3) is 0.0588. The molecule has 1 unspecified atom stereocenters. The fourth-order valence-electron chi connectivity index (χ4n) is 2.29. The van der Waals surface area contributed by atoms with Crippen molar-refractivity contribution in [3.63, 3.8) is 0 Å². The quantitative estimate of drug-likeness (QED) is 0.433. The van der Waals surface area contributed by atoms with E-state index in [-0.39, 0.29) is 15.9 Å². The van der Waals surface area contributed by atoms with E-state index in [1.165, 1.54) is 15.1 Å². The second-order valence-corrected chi connectivity index (χ2v) is 9.78. The molecule has 119 valence electrons. The first kappa shape index (κ1) is 18.5. The Bertz CT molecular complexity index is 592. The van der Waals surface area contributed by atoms with Crippen molar-refractivity contribution in [1.82, 2.24) is 0 Å². The van der Waals surface area contributed by atoms with Gasteiger partial charge in [0.25, 0.3) is 0 Å². The van der Waals surface area contributed by atoms with Gasteiger partial charge in [0.2, 0.25) is 0 Å². The van der Waals surface area contributed by atoms with Gasteiger partial charge in [0, 0.05) is 0 Å². The van der Waals surface area contributed by atoms with Gasteiger partial charge in [-0.05, 0) is 0 Å². The summed E-state index contributed by atoms with van der Waals surface area (Å²) >= 11 is 4.10. The van der Waals surface area contributed by atoms with E-state index >= 15 is 0 Å². The van der Waals surface area contributed by atoms with E-state index < -0.39 is 7.92 Å². The number of hydrogen-bond acceptors (Lipinski definition) is 0. The van der Waals surface area contributed by atoms with Crippen LogP contribution in [-0.2, 0) is 32.0 Å². The van der Waals surface area contributed by atoms with Gasteiger partial charge in [-0.1, -0.05) is 0 Å². The van der Waals surface area contributed by atoms with E-state index in [0.29, 0.717) is 5.66 Å². The first-order chi connectivity index (χ1) is 10.8. The Hall–Kier alpha value is 0.112. The number of rotatable bonds is 3. The van der Waals surface area contributed by atoms with E-state index in [4.69, 9.17) is 19.1 Å². The van der Waals surface area contributed by atoms with Gasteiger partial charge in [-0.3, -0.25) is 0 Å². The molecule has 0 aromatic heterocycles. The van der Waals surface area contributed by atoms with Gasteiger partial charge < -0.3 is 0 Å². The van der Waals surface area contributed by atoms with Gasteiger partial charge in [-0.25, -0.2) is 0 Å². The van der Waals surface area contributed by atoms with Crippen LogP contribution in [-0.4, -0.2) is 5.66 Å². The van der Waals surface area contributed by atoms with Crippen LogP contribution >= 0.6 is 27.0 Å². The summed E-state index contributed by atoms with van der Waals surface area (Å²) in [5.74, 6) is 0. The molecule has 2 aromatic rings. The van der Waals surface area contributed by atoms with Crippen molar-refractivity contribution in [2.24, 2.45) is 0 Å². The number of halogens is 2. The monoisotopic (exact) mass is 481 g/mol. The molecule has 0 N–H and O–H groups in total. The van der Waals surface area contributed by atoms with Gasteiger partial charge in [0.15, 0.2) is 0 Å². The predicted octanol–water partition coefficient (Wildman–Crippen LogP) is 4.86. The van der Waals surface area contributed by atoms with Crippen molar-refractivity contribution < 1.29 is 32.0 Å². The maximum absolute atomic E-state index is 4.81. The third-order valence-electron chi connectivity index (χ3n) is 3.17. The molecule has 1 aliphatic rings. The molecule has 0 spiro atoms. The molecule has 0 bridgehead atoms. The van der Waals surface area contributed by atoms with Crippen molar-refractivity contribution in [2.75, 3.05) is 0 Å². The van der Waals surface area contributed by atoms with E-state index in [1.807, 2.05) is 0 Å². The number of hydrogen-bond donors (Lipinski definition) is 0. The average Bonchev–Trinajstić information content (AvgIpc) is 2.97.